The van der Waals surface area contributed by atoms with E-state index < -0.39 is 23.8 Å². The Kier molecular flexibility index (Phi) is 7.60. The number of hydrogen-bond acceptors (Lipinski definition) is 3. The zero-order valence-corrected chi connectivity index (χ0v) is 14.7. The van der Waals surface area contributed by atoms with Crippen molar-refractivity contribution in [2.45, 2.75) is 39.2 Å². The Morgan fingerprint density at radius 3 is 2.65 bits per heavy atom. The predicted octanol–water partition coefficient (Wildman–Crippen LogP) is 4.14. The van der Waals surface area contributed by atoms with Crippen LogP contribution in [0.4, 0.5) is 4.39 Å². The van der Waals surface area contributed by atoms with Gasteiger partial charge in [0.25, 0.3) is 0 Å². The minimum atomic E-state index is -1.33. The Labute approximate surface area is 146 Å². The molecule has 0 aliphatic heterocycles. The molecule has 0 aromatic heterocycles. The first-order chi connectivity index (χ1) is 10.8. The topological polar surface area (TPSA) is 46.5 Å². The highest BCUT2D eigenvalue weighted by molar-refractivity contribution is 6.55. The van der Waals surface area contributed by atoms with Crippen LogP contribution in [-0.2, 0) is 9.53 Å². The summed E-state index contributed by atoms with van der Waals surface area (Å²) in [5.41, 5.74) is -0.355. The average molecular weight is 363 g/mol. The van der Waals surface area contributed by atoms with E-state index in [2.05, 4.69) is 5.92 Å². The van der Waals surface area contributed by atoms with E-state index in [1.807, 2.05) is 13.8 Å². The van der Waals surface area contributed by atoms with E-state index in [1.165, 1.54) is 6.08 Å². The van der Waals surface area contributed by atoms with Gasteiger partial charge in [0.2, 0.25) is 6.10 Å². The van der Waals surface area contributed by atoms with Crippen LogP contribution in [0.5, 0.6) is 0 Å². The van der Waals surface area contributed by atoms with Crippen LogP contribution in [0.25, 0.3) is 0 Å². The van der Waals surface area contributed by atoms with Crippen molar-refractivity contribution in [3.63, 3.8) is 0 Å². The number of aliphatic hydroxyl groups is 1. The number of hydrogen-bond donors (Lipinski definition) is 1. The van der Waals surface area contributed by atoms with Gasteiger partial charge in [0.05, 0.1) is 5.92 Å². The third-order valence-corrected chi connectivity index (χ3v) is 4.31. The van der Waals surface area contributed by atoms with Crippen LogP contribution in [0.15, 0.2) is 22.5 Å². The molecule has 3 nitrogen and oxygen atoms in total. The number of aliphatic hydroxyl groups excluding tert-OH is 1. The Morgan fingerprint density at radius 1 is 1.48 bits per heavy atom. The van der Waals surface area contributed by atoms with Crippen LogP contribution in [0, 0.1) is 29.6 Å². The molecule has 1 rings (SSSR count). The lowest BCUT2D eigenvalue weighted by Gasteiger charge is -2.11. The molecule has 1 saturated carbocycles. The van der Waals surface area contributed by atoms with Gasteiger partial charge < -0.3 is 9.84 Å². The average Bonchev–Trinajstić information content (AvgIpc) is 3.00. The van der Waals surface area contributed by atoms with Crippen LogP contribution in [0.2, 0.25) is 0 Å². The van der Waals surface area contributed by atoms with E-state index in [1.54, 1.807) is 6.08 Å². The lowest BCUT2D eigenvalue weighted by atomic mass is 10.1. The molecule has 128 valence electrons. The van der Waals surface area contributed by atoms with Gasteiger partial charge in [-0.3, -0.25) is 4.79 Å². The summed E-state index contributed by atoms with van der Waals surface area (Å²) in [7, 11) is 0. The van der Waals surface area contributed by atoms with E-state index in [0.29, 0.717) is 19.3 Å². The summed E-state index contributed by atoms with van der Waals surface area (Å²) in [6, 6.07) is 0. The molecule has 1 fully saturated rings. The van der Waals surface area contributed by atoms with Crippen LogP contribution >= 0.6 is 23.2 Å². The first-order valence-electron chi connectivity index (χ1n) is 7.41. The molecule has 1 aliphatic rings. The second-order valence-electron chi connectivity index (χ2n) is 6.07. The minimum absolute atomic E-state index is 0.0534. The Balaban J connectivity index is 2.64. The highest BCUT2D eigenvalue weighted by Crippen LogP contribution is 2.60. The van der Waals surface area contributed by atoms with Crippen molar-refractivity contribution < 1.29 is 19.0 Å². The number of terminal acetylenes is 1. The minimum Gasteiger partial charge on any atom is -0.441 e. The lowest BCUT2D eigenvalue weighted by Crippen LogP contribution is -2.20. The van der Waals surface area contributed by atoms with Crippen molar-refractivity contribution >= 4 is 29.2 Å². The molecule has 0 aromatic carbocycles. The summed E-state index contributed by atoms with van der Waals surface area (Å²) >= 11 is 11.3. The maximum absolute atomic E-state index is 14.0. The molecule has 1 aliphatic carbocycles. The molecule has 0 amide bonds. The lowest BCUT2D eigenvalue weighted by molar-refractivity contribution is -0.148. The molecule has 0 radical (unpaired) electrons. The first kappa shape index (κ1) is 20.0. The number of ether oxygens (including phenoxy) is 1. The molecule has 3 atom stereocenters. The number of rotatable bonds is 8. The number of esters is 1. The summed E-state index contributed by atoms with van der Waals surface area (Å²) in [5.74, 6) is 0.298. The van der Waals surface area contributed by atoms with Crippen molar-refractivity contribution in [3.05, 3.63) is 22.5 Å². The van der Waals surface area contributed by atoms with Crippen molar-refractivity contribution in [2.24, 2.45) is 17.3 Å². The number of halogens is 3. The largest absolute Gasteiger partial charge is 0.441 e. The van der Waals surface area contributed by atoms with Crippen molar-refractivity contribution in [3.8, 4) is 12.3 Å². The van der Waals surface area contributed by atoms with Gasteiger partial charge in [-0.25, -0.2) is 4.39 Å². The first-order valence-corrected chi connectivity index (χ1v) is 8.17. The van der Waals surface area contributed by atoms with Crippen molar-refractivity contribution in [1.29, 1.82) is 0 Å². The number of carbonyl (C=O) groups is 1. The van der Waals surface area contributed by atoms with Gasteiger partial charge in [0.15, 0.2) is 0 Å². The van der Waals surface area contributed by atoms with Crippen molar-refractivity contribution in [1.82, 2.24) is 0 Å². The summed E-state index contributed by atoms with van der Waals surface area (Å²) in [5, 5.41) is 8.67. The third kappa shape index (κ3) is 5.53. The van der Waals surface area contributed by atoms with Gasteiger partial charge >= 0.3 is 5.97 Å². The van der Waals surface area contributed by atoms with Gasteiger partial charge in [-0.05, 0) is 42.7 Å². The van der Waals surface area contributed by atoms with E-state index in [-0.39, 0.29) is 22.4 Å². The normalized spacial score (nSPS) is 23.6. The molecule has 6 heteroatoms. The van der Waals surface area contributed by atoms with Crippen LogP contribution in [-0.4, -0.2) is 23.8 Å². The fraction of sp³-hybridized carbons (Fsp3) is 0.588. The maximum Gasteiger partial charge on any atom is 0.311 e. The fourth-order valence-electron chi connectivity index (χ4n) is 2.54. The predicted molar refractivity (Wildman–Crippen MR) is 89.4 cm³/mol. The van der Waals surface area contributed by atoms with Crippen LogP contribution in [0.1, 0.15) is 33.1 Å². The smallest absolute Gasteiger partial charge is 0.311 e. The van der Waals surface area contributed by atoms with Gasteiger partial charge in [-0.2, -0.15) is 0 Å². The van der Waals surface area contributed by atoms with Gasteiger partial charge in [-0.15, -0.1) is 6.42 Å². The SMILES string of the molecule is C#CC(OC(=O)C1C(C=C(Cl)Cl)C1(C)C)/C(F)=C/CCCCO. The molecule has 0 spiro atoms. The summed E-state index contributed by atoms with van der Waals surface area (Å²) in [6.07, 6.45) is 8.43. The van der Waals surface area contributed by atoms with Gasteiger partial charge in [0, 0.05) is 6.61 Å². The fourth-order valence-corrected chi connectivity index (χ4v) is 2.81. The second kappa shape index (κ2) is 8.73. The zero-order valence-electron chi connectivity index (χ0n) is 13.2. The van der Waals surface area contributed by atoms with Crippen LogP contribution < -0.4 is 0 Å². The highest BCUT2D eigenvalue weighted by atomic mass is 35.5. The number of unbranched alkanes of at least 4 members (excludes halogenated alkanes) is 2. The number of carbonyl (C=O) groups excluding carboxylic acids is 1. The Morgan fingerprint density at radius 2 is 2.13 bits per heavy atom. The zero-order chi connectivity index (χ0) is 17.6. The molecule has 23 heavy (non-hydrogen) atoms. The summed E-state index contributed by atoms with van der Waals surface area (Å²) < 4.78 is 19.2. The molecule has 3 unspecified atom stereocenters. The van der Waals surface area contributed by atoms with Gasteiger partial charge in [0.1, 0.15) is 10.3 Å². The van der Waals surface area contributed by atoms with E-state index in [9.17, 15) is 9.18 Å². The maximum atomic E-state index is 14.0. The van der Waals surface area contributed by atoms with Crippen LogP contribution in [0.3, 0.4) is 0 Å². The quantitative estimate of drug-likeness (QED) is 0.401. The van der Waals surface area contributed by atoms with E-state index in [4.69, 9.17) is 39.5 Å². The summed E-state index contributed by atoms with van der Waals surface area (Å²) in [6.45, 7) is 3.81. The molecule has 1 N–H and O–H groups in total. The Hall–Kier alpha value is -1.02. The summed E-state index contributed by atoms with van der Waals surface area (Å²) in [4.78, 5) is 12.2. The monoisotopic (exact) mass is 362 g/mol. The second-order valence-corrected chi connectivity index (χ2v) is 7.08. The molecular weight excluding hydrogens is 342 g/mol. The number of allylic oxidation sites excluding steroid dienone is 2. The van der Waals surface area contributed by atoms with E-state index in [0.717, 1.165) is 0 Å². The third-order valence-electron chi connectivity index (χ3n) is 4.06. The molecule has 0 saturated heterocycles. The molecule has 0 heterocycles. The standard InChI is InChI=1S/C17H21Cl2FO3/c1-4-13(12(20)8-6-5-7-9-21)23-16(22)15-11(10-14(18)19)17(15,2)3/h1,8,10-11,13,15,21H,5-7,9H2,2-3H3/b12-8-. The highest BCUT2D eigenvalue weighted by Gasteiger charge is 2.62. The molecular formula is C17H21Cl2FO3. The molecule has 0 bridgehead atoms. The van der Waals surface area contributed by atoms with E-state index >= 15 is 0 Å². The van der Waals surface area contributed by atoms with Crippen molar-refractivity contribution in [2.75, 3.05) is 6.61 Å². The Bertz CT molecular complexity index is 530. The molecule has 0 aromatic rings. The van der Waals surface area contributed by atoms with Gasteiger partial charge in [-0.1, -0.05) is 43.0 Å².